The molecule has 1 heterocycles. The molecule has 2 aromatic rings. The van der Waals surface area contributed by atoms with Gasteiger partial charge in [0.2, 0.25) is 11.8 Å². The van der Waals surface area contributed by atoms with Crippen molar-refractivity contribution in [1.82, 2.24) is 9.97 Å². The van der Waals surface area contributed by atoms with Crippen LogP contribution >= 0.6 is 0 Å². The molecule has 2 rings (SSSR count). The molecule has 0 aliphatic heterocycles. The van der Waals surface area contributed by atoms with E-state index >= 15 is 0 Å². The van der Waals surface area contributed by atoms with Crippen LogP contribution in [0, 0.1) is 6.92 Å². The summed E-state index contributed by atoms with van der Waals surface area (Å²) in [5.41, 5.74) is 2.22. The number of aryl methyl sites for hydroxylation is 2. The third-order valence-electron chi connectivity index (χ3n) is 3.00. The summed E-state index contributed by atoms with van der Waals surface area (Å²) < 4.78 is 5.84. The number of rotatable bonds is 6. The van der Waals surface area contributed by atoms with Crippen LogP contribution in [0.1, 0.15) is 31.4 Å². The first-order valence-electron chi connectivity index (χ1n) is 7.07. The number of hydrogen-bond donors (Lipinski definition) is 1. The van der Waals surface area contributed by atoms with Crippen molar-refractivity contribution in [3.8, 4) is 11.6 Å². The number of benzene rings is 1. The number of nitrogens with zero attached hydrogens (tertiary/aromatic N) is 2. The number of nitrogens with one attached hydrogen (secondary N) is 1. The van der Waals surface area contributed by atoms with Gasteiger partial charge in [0.05, 0.1) is 0 Å². The normalized spacial score (nSPS) is 10.3. The summed E-state index contributed by atoms with van der Waals surface area (Å²) in [4.78, 5) is 8.65. The molecule has 1 aromatic carbocycles. The molecule has 0 aliphatic carbocycles. The molecular weight excluding hydrogens is 250 g/mol. The lowest BCUT2D eigenvalue weighted by atomic mass is 10.2. The standard InChI is InChI=1S/C16H21N3O/c1-4-10-17-16-18-11-12(3)15(19-16)20-14-8-6-13(5-2)7-9-14/h6-9,11H,4-5,10H2,1-3H3,(H,17,18,19). The largest absolute Gasteiger partial charge is 0.439 e. The lowest BCUT2D eigenvalue weighted by molar-refractivity contribution is 0.458. The molecule has 0 radical (unpaired) electrons. The molecule has 0 fully saturated rings. The average molecular weight is 271 g/mol. The number of anilines is 1. The summed E-state index contributed by atoms with van der Waals surface area (Å²) in [6.45, 7) is 7.04. The van der Waals surface area contributed by atoms with Crippen molar-refractivity contribution in [1.29, 1.82) is 0 Å². The molecule has 0 aliphatic rings. The molecule has 106 valence electrons. The van der Waals surface area contributed by atoms with Crippen molar-refractivity contribution >= 4 is 5.95 Å². The summed E-state index contributed by atoms with van der Waals surface area (Å²) in [6.07, 6.45) is 3.84. The van der Waals surface area contributed by atoms with E-state index in [1.807, 2.05) is 19.1 Å². The van der Waals surface area contributed by atoms with Crippen LogP contribution in [0.25, 0.3) is 0 Å². The zero-order valence-corrected chi connectivity index (χ0v) is 12.3. The molecule has 0 atom stereocenters. The van der Waals surface area contributed by atoms with Gasteiger partial charge in [-0.25, -0.2) is 4.98 Å². The van der Waals surface area contributed by atoms with E-state index in [2.05, 4.69) is 41.3 Å². The topological polar surface area (TPSA) is 47.0 Å². The smallest absolute Gasteiger partial charge is 0.226 e. The molecule has 0 unspecified atom stereocenters. The lowest BCUT2D eigenvalue weighted by Gasteiger charge is -2.10. The van der Waals surface area contributed by atoms with Gasteiger partial charge in [-0.15, -0.1) is 0 Å². The SMILES string of the molecule is CCCNc1ncc(C)c(Oc2ccc(CC)cc2)n1. The van der Waals surface area contributed by atoms with E-state index in [0.29, 0.717) is 11.8 Å². The minimum atomic E-state index is 0.600. The minimum absolute atomic E-state index is 0.600. The monoisotopic (exact) mass is 271 g/mol. The highest BCUT2D eigenvalue weighted by Gasteiger charge is 2.06. The third-order valence-corrected chi connectivity index (χ3v) is 3.00. The maximum absolute atomic E-state index is 5.84. The van der Waals surface area contributed by atoms with Crippen LogP contribution in [-0.4, -0.2) is 16.5 Å². The maximum atomic E-state index is 5.84. The molecule has 4 heteroatoms. The Morgan fingerprint density at radius 3 is 2.55 bits per heavy atom. The second-order valence-corrected chi connectivity index (χ2v) is 4.71. The first-order chi connectivity index (χ1) is 9.72. The number of ether oxygens (including phenoxy) is 1. The Morgan fingerprint density at radius 1 is 1.15 bits per heavy atom. The van der Waals surface area contributed by atoms with Crippen molar-refractivity contribution in [3.63, 3.8) is 0 Å². The summed E-state index contributed by atoms with van der Waals surface area (Å²) in [6, 6.07) is 8.09. The molecule has 0 saturated carbocycles. The summed E-state index contributed by atoms with van der Waals surface area (Å²) >= 11 is 0. The van der Waals surface area contributed by atoms with Crippen LogP contribution in [0.3, 0.4) is 0 Å². The van der Waals surface area contributed by atoms with Crippen LogP contribution in [0.5, 0.6) is 11.6 Å². The lowest BCUT2D eigenvalue weighted by Crippen LogP contribution is -2.05. The Labute approximate surface area is 120 Å². The van der Waals surface area contributed by atoms with Gasteiger partial charge in [-0.05, 0) is 37.5 Å². The molecular formula is C16H21N3O. The highest BCUT2D eigenvalue weighted by atomic mass is 16.5. The minimum Gasteiger partial charge on any atom is -0.439 e. The second-order valence-electron chi connectivity index (χ2n) is 4.71. The van der Waals surface area contributed by atoms with Crippen LogP contribution < -0.4 is 10.1 Å². The van der Waals surface area contributed by atoms with Crippen molar-refractivity contribution in [2.75, 3.05) is 11.9 Å². The van der Waals surface area contributed by atoms with E-state index < -0.39 is 0 Å². The van der Waals surface area contributed by atoms with Gasteiger partial charge < -0.3 is 10.1 Å². The highest BCUT2D eigenvalue weighted by molar-refractivity contribution is 5.36. The predicted molar refractivity (Wildman–Crippen MR) is 81.4 cm³/mol. The molecule has 1 aromatic heterocycles. The third kappa shape index (κ3) is 3.70. The van der Waals surface area contributed by atoms with Crippen LogP contribution in [0.15, 0.2) is 30.5 Å². The zero-order valence-electron chi connectivity index (χ0n) is 12.3. The zero-order chi connectivity index (χ0) is 14.4. The van der Waals surface area contributed by atoms with E-state index in [4.69, 9.17) is 4.74 Å². The van der Waals surface area contributed by atoms with Crippen molar-refractivity contribution in [3.05, 3.63) is 41.6 Å². The van der Waals surface area contributed by atoms with E-state index in [0.717, 1.165) is 30.7 Å². The Hall–Kier alpha value is -2.10. The van der Waals surface area contributed by atoms with Gasteiger partial charge in [-0.3, -0.25) is 0 Å². The quantitative estimate of drug-likeness (QED) is 0.863. The summed E-state index contributed by atoms with van der Waals surface area (Å²) in [7, 11) is 0. The molecule has 4 nitrogen and oxygen atoms in total. The number of hydrogen-bond acceptors (Lipinski definition) is 4. The van der Waals surface area contributed by atoms with Gasteiger partial charge >= 0.3 is 0 Å². The Balaban J connectivity index is 2.14. The van der Waals surface area contributed by atoms with Crippen molar-refractivity contribution in [2.45, 2.75) is 33.6 Å². The van der Waals surface area contributed by atoms with Gasteiger partial charge in [0.1, 0.15) is 5.75 Å². The predicted octanol–water partition coefficient (Wildman–Crippen LogP) is 3.96. The maximum Gasteiger partial charge on any atom is 0.226 e. The van der Waals surface area contributed by atoms with E-state index in [1.54, 1.807) is 6.20 Å². The molecule has 1 N–H and O–H groups in total. The fourth-order valence-electron chi connectivity index (χ4n) is 1.76. The second kappa shape index (κ2) is 6.89. The van der Waals surface area contributed by atoms with E-state index in [9.17, 15) is 0 Å². The van der Waals surface area contributed by atoms with Gasteiger partial charge in [-0.1, -0.05) is 26.0 Å². The fraction of sp³-hybridized carbons (Fsp3) is 0.375. The molecule has 0 spiro atoms. The number of aromatic nitrogens is 2. The first kappa shape index (κ1) is 14.3. The summed E-state index contributed by atoms with van der Waals surface area (Å²) in [5, 5.41) is 3.16. The molecule has 20 heavy (non-hydrogen) atoms. The first-order valence-corrected chi connectivity index (χ1v) is 7.07. The van der Waals surface area contributed by atoms with Gasteiger partial charge in [0.15, 0.2) is 0 Å². The van der Waals surface area contributed by atoms with Crippen LogP contribution in [0.4, 0.5) is 5.95 Å². The molecule has 0 saturated heterocycles. The van der Waals surface area contributed by atoms with Gasteiger partial charge in [-0.2, -0.15) is 4.98 Å². The Kier molecular flexibility index (Phi) is 4.93. The van der Waals surface area contributed by atoms with Crippen molar-refractivity contribution < 1.29 is 4.74 Å². The van der Waals surface area contributed by atoms with Gasteiger partial charge in [0, 0.05) is 18.3 Å². The van der Waals surface area contributed by atoms with E-state index in [-0.39, 0.29) is 0 Å². The Bertz CT molecular complexity index is 552. The Morgan fingerprint density at radius 2 is 1.90 bits per heavy atom. The fourth-order valence-corrected chi connectivity index (χ4v) is 1.76. The van der Waals surface area contributed by atoms with Gasteiger partial charge in [0.25, 0.3) is 0 Å². The van der Waals surface area contributed by atoms with Crippen LogP contribution in [0.2, 0.25) is 0 Å². The van der Waals surface area contributed by atoms with E-state index in [1.165, 1.54) is 5.56 Å². The highest BCUT2D eigenvalue weighted by Crippen LogP contribution is 2.23. The molecule has 0 bridgehead atoms. The van der Waals surface area contributed by atoms with Crippen LogP contribution in [-0.2, 0) is 6.42 Å². The molecule has 0 amide bonds. The summed E-state index contributed by atoms with van der Waals surface area (Å²) in [5.74, 6) is 2.01. The average Bonchev–Trinajstić information content (AvgIpc) is 2.49. The van der Waals surface area contributed by atoms with Crippen molar-refractivity contribution in [2.24, 2.45) is 0 Å².